The Balaban J connectivity index is 2.55. The van der Waals surface area contributed by atoms with Crippen LogP contribution in [0.1, 0.15) is 40.5 Å². The third-order valence-corrected chi connectivity index (χ3v) is 2.84. The van der Waals surface area contributed by atoms with Crippen molar-refractivity contribution in [1.29, 1.82) is 0 Å². The molecule has 16 heavy (non-hydrogen) atoms. The first-order valence-electron chi connectivity index (χ1n) is 6.53. The number of hydrogen-bond acceptors (Lipinski definition) is 2. The van der Waals surface area contributed by atoms with Gasteiger partial charge in [-0.1, -0.05) is 27.7 Å². The molecule has 1 amide bonds. The Hall–Kier alpha value is -0.570. The molecular weight excluding hydrogens is 200 g/mol. The fourth-order valence-electron chi connectivity index (χ4n) is 2.25. The summed E-state index contributed by atoms with van der Waals surface area (Å²) in [6, 6.07) is 0.0810. The largest absolute Gasteiger partial charge is 0.341 e. The van der Waals surface area contributed by atoms with E-state index in [4.69, 9.17) is 0 Å². The van der Waals surface area contributed by atoms with Gasteiger partial charge in [0, 0.05) is 13.1 Å². The van der Waals surface area contributed by atoms with Gasteiger partial charge in [0.2, 0.25) is 5.91 Å². The molecule has 1 rings (SSSR count). The highest BCUT2D eigenvalue weighted by Crippen LogP contribution is 2.12. The number of amides is 1. The van der Waals surface area contributed by atoms with E-state index >= 15 is 0 Å². The minimum Gasteiger partial charge on any atom is -0.341 e. The Morgan fingerprint density at radius 3 is 2.19 bits per heavy atom. The fraction of sp³-hybridized carbons (Fsp3) is 0.923. The van der Waals surface area contributed by atoms with Crippen molar-refractivity contribution in [3.63, 3.8) is 0 Å². The van der Waals surface area contributed by atoms with Crippen LogP contribution in [0.2, 0.25) is 0 Å². The predicted octanol–water partition coefficient (Wildman–Crippen LogP) is 1.88. The first-order valence-corrected chi connectivity index (χ1v) is 6.53. The van der Waals surface area contributed by atoms with Crippen molar-refractivity contribution < 1.29 is 4.79 Å². The molecule has 1 atom stereocenters. The Kier molecular flexibility index (Phi) is 5.26. The topological polar surface area (TPSA) is 32.3 Å². The highest BCUT2D eigenvalue weighted by molar-refractivity contribution is 5.82. The second-order valence-corrected chi connectivity index (χ2v) is 5.68. The van der Waals surface area contributed by atoms with Gasteiger partial charge in [0.15, 0.2) is 0 Å². The molecule has 1 heterocycles. The van der Waals surface area contributed by atoms with Crippen molar-refractivity contribution in [2.45, 2.75) is 46.6 Å². The summed E-state index contributed by atoms with van der Waals surface area (Å²) in [5.74, 6) is 1.40. The zero-order chi connectivity index (χ0) is 12.1. The van der Waals surface area contributed by atoms with Crippen molar-refractivity contribution in [2.75, 3.05) is 19.6 Å². The summed E-state index contributed by atoms with van der Waals surface area (Å²) in [6.07, 6.45) is 2.14. The van der Waals surface area contributed by atoms with Crippen LogP contribution >= 0.6 is 0 Å². The van der Waals surface area contributed by atoms with Gasteiger partial charge in [0.1, 0.15) is 0 Å². The van der Waals surface area contributed by atoms with Crippen molar-refractivity contribution in [2.24, 2.45) is 11.8 Å². The van der Waals surface area contributed by atoms with E-state index in [1.165, 1.54) is 0 Å². The maximum atomic E-state index is 12.3. The van der Waals surface area contributed by atoms with E-state index in [9.17, 15) is 4.79 Å². The number of carbonyl (C=O) groups excluding carboxylic acids is 1. The molecule has 0 aliphatic carbocycles. The van der Waals surface area contributed by atoms with E-state index < -0.39 is 0 Å². The summed E-state index contributed by atoms with van der Waals surface area (Å²) in [4.78, 5) is 14.3. The number of nitrogens with zero attached hydrogens (tertiary/aromatic N) is 1. The van der Waals surface area contributed by atoms with Crippen LogP contribution in [0.4, 0.5) is 0 Å². The molecule has 0 saturated carbocycles. The summed E-state index contributed by atoms with van der Waals surface area (Å²) in [5, 5.41) is 3.29. The average molecular weight is 226 g/mol. The Bertz CT molecular complexity index is 210. The Morgan fingerprint density at radius 1 is 1.25 bits per heavy atom. The molecular formula is C13H26N2O. The van der Waals surface area contributed by atoms with Gasteiger partial charge in [-0.25, -0.2) is 0 Å². The van der Waals surface area contributed by atoms with Crippen molar-refractivity contribution in [1.82, 2.24) is 10.2 Å². The van der Waals surface area contributed by atoms with E-state index in [2.05, 4.69) is 33.0 Å². The summed E-state index contributed by atoms with van der Waals surface area (Å²) in [7, 11) is 0. The monoisotopic (exact) mass is 226 g/mol. The fourth-order valence-corrected chi connectivity index (χ4v) is 2.25. The molecule has 1 aliphatic rings. The molecule has 0 aromatic carbocycles. The predicted molar refractivity (Wildman–Crippen MR) is 67.3 cm³/mol. The highest BCUT2D eigenvalue weighted by atomic mass is 16.2. The lowest BCUT2D eigenvalue weighted by atomic mass is 10.1. The van der Waals surface area contributed by atoms with Crippen LogP contribution in [-0.4, -0.2) is 36.5 Å². The van der Waals surface area contributed by atoms with Crippen LogP contribution in [0.15, 0.2) is 0 Å². The SMILES string of the molecule is CC(C)CN(CC(C)C)C(=O)[C@H]1CCCN1. The van der Waals surface area contributed by atoms with Gasteiger partial charge in [0.25, 0.3) is 0 Å². The van der Waals surface area contributed by atoms with Gasteiger partial charge in [-0.15, -0.1) is 0 Å². The van der Waals surface area contributed by atoms with Crippen molar-refractivity contribution >= 4 is 5.91 Å². The van der Waals surface area contributed by atoms with Crippen LogP contribution in [0.25, 0.3) is 0 Å². The zero-order valence-corrected chi connectivity index (χ0v) is 11.1. The van der Waals surface area contributed by atoms with Gasteiger partial charge >= 0.3 is 0 Å². The van der Waals surface area contributed by atoms with E-state index in [-0.39, 0.29) is 6.04 Å². The van der Waals surface area contributed by atoms with Crippen LogP contribution in [-0.2, 0) is 4.79 Å². The molecule has 1 N–H and O–H groups in total. The summed E-state index contributed by atoms with van der Waals surface area (Å²) < 4.78 is 0. The van der Waals surface area contributed by atoms with E-state index in [1.54, 1.807) is 0 Å². The lowest BCUT2D eigenvalue weighted by Gasteiger charge is -2.28. The van der Waals surface area contributed by atoms with E-state index in [0.29, 0.717) is 17.7 Å². The Morgan fingerprint density at radius 2 is 1.81 bits per heavy atom. The second-order valence-electron chi connectivity index (χ2n) is 5.68. The van der Waals surface area contributed by atoms with Crippen molar-refractivity contribution in [3.05, 3.63) is 0 Å². The lowest BCUT2D eigenvalue weighted by Crippen LogP contribution is -2.46. The van der Waals surface area contributed by atoms with Gasteiger partial charge in [-0.05, 0) is 31.2 Å². The number of nitrogens with one attached hydrogen (secondary N) is 1. The maximum absolute atomic E-state index is 12.3. The lowest BCUT2D eigenvalue weighted by molar-refractivity contribution is -0.134. The van der Waals surface area contributed by atoms with Crippen LogP contribution < -0.4 is 5.32 Å². The number of hydrogen-bond donors (Lipinski definition) is 1. The molecule has 0 radical (unpaired) electrons. The van der Waals surface area contributed by atoms with Gasteiger partial charge in [-0.2, -0.15) is 0 Å². The van der Waals surface area contributed by atoms with Gasteiger partial charge in [-0.3, -0.25) is 4.79 Å². The van der Waals surface area contributed by atoms with Gasteiger partial charge < -0.3 is 10.2 Å². The minimum absolute atomic E-state index is 0.0810. The maximum Gasteiger partial charge on any atom is 0.239 e. The molecule has 3 heteroatoms. The normalized spacial score (nSPS) is 20.8. The third-order valence-electron chi connectivity index (χ3n) is 2.84. The average Bonchev–Trinajstić information content (AvgIpc) is 2.66. The molecule has 3 nitrogen and oxygen atoms in total. The summed E-state index contributed by atoms with van der Waals surface area (Å²) >= 11 is 0. The quantitative estimate of drug-likeness (QED) is 0.776. The smallest absolute Gasteiger partial charge is 0.239 e. The van der Waals surface area contributed by atoms with Gasteiger partial charge in [0.05, 0.1) is 6.04 Å². The molecule has 0 aromatic heterocycles. The third kappa shape index (κ3) is 4.12. The van der Waals surface area contributed by atoms with E-state index in [1.807, 2.05) is 4.90 Å². The van der Waals surface area contributed by atoms with Crippen LogP contribution in [0.5, 0.6) is 0 Å². The number of rotatable bonds is 5. The molecule has 1 aliphatic heterocycles. The molecule has 1 fully saturated rings. The van der Waals surface area contributed by atoms with Crippen LogP contribution in [0.3, 0.4) is 0 Å². The standard InChI is InChI=1S/C13H26N2O/c1-10(2)8-15(9-11(3)4)13(16)12-6-5-7-14-12/h10-12,14H,5-9H2,1-4H3/t12-/m1/s1. The summed E-state index contributed by atoms with van der Waals surface area (Å²) in [5.41, 5.74) is 0. The highest BCUT2D eigenvalue weighted by Gasteiger charge is 2.27. The first kappa shape index (κ1) is 13.5. The molecule has 0 bridgehead atoms. The number of carbonyl (C=O) groups is 1. The Labute approximate surface area is 99.6 Å². The summed E-state index contributed by atoms with van der Waals surface area (Å²) in [6.45, 7) is 11.4. The molecule has 1 saturated heterocycles. The molecule has 94 valence electrons. The first-order chi connectivity index (χ1) is 7.50. The van der Waals surface area contributed by atoms with Crippen molar-refractivity contribution in [3.8, 4) is 0 Å². The van der Waals surface area contributed by atoms with Crippen LogP contribution in [0, 0.1) is 11.8 Å². The molecule has 0 unspecified atom stereocenters. The second kappa shape index (κ2) is 6.24. The zero-order valence-electron chi connectivity index (χ0n) is 11.1. The van der Waals surface area contributed by atoms with E-state index in [0.717, 1.165) is 32.5 Å². The molecule has 0 spiro atoms. The molecule has 0 aromatic rings. The minimum atomic E-state index is 0.0810.